The lowest BCUT2D eigenvalue weighted by atomic mass is 9.82. The molecule has 1 aliphatic rings. The standard InChI is InChI=1S/C21H28N4O5/c1-14(2)12-17(19(27)22-25-18(26)13-24(3)21(25)29)16(20(28)23-30)11-7-10-15-8-5-4-6-9-15/h4-10,14,16-17,30H,11-13H2,1-3H3,(H,22,27)(H,23,28)/t16-,17+/m0/s1. The summed E-state index contributed by atoms with van der Waals surface area (Å²) < 4.78 is 0. The van der Waals surface area contributed by atoms with Crippen LogP contribution in [0.4, 0.5) is 4.79 Å². The van der Waals surface area contributed by atoms with Gasteiger partial charge in [0.25, 0.3) is 5.91 Å². The Kier molecular flexibility index (Phi) is 8.11. The van der Waals surface area contributed by atoms with Crippen LogP contribution in [0.15, 0.2) is 36.4 Å². The van der Waals surface area contributed by atoms with E-state index in [2.05, 4.69) is 5.43 Å². The van der Waals surface area contributed by atoms with Crippen molar-refractivity contribution in [2.24, 2.45) is 17.8 Å². The summed E-state index contributed by atoms with van der Waals surface area (Å²) in [6.45, 7) is 3.66. The van der Waals surface area contributed by atoms with Crippen LogP contribution in [0.3, 0.4) is 0 Å². The molecule has 0 radical (unpaired) electrons. The molecule has 0 aliphatic carbocycles. The minimum atomic E-state index is -0.886. The van der Waals surface area contributed by atoms with Crippen LogP contribution < -0.4 is 10.9 Å². The molecule has 1 heterocycles. The quantitative estimate of drug-likeness (QED) is 0.322. The van der Waals surface area contributed by atoms with E-state index in [0.717, 1.165) is 5.56 Å². The number of imide groups is 1. The Hall–Kier alpha value is -3.20. The molecule has 1 aliphatic heterocycles. The second-order valence-corrected chi connectivity index (χ2v) is 7.71. The highest BCUT2D eigenvalue weighted by Crippen LogP contribution is 2.26. The molecule has 162 valence electrons. The van der Waals surface area contributed by atoms with E-state index in [4.69, 9.17) is 0 Å². The summed E-state index contributed by atoms with van der Waals surface area (Å²) in [7, 11) is 1.45. The lowest BCUT2D eigenvalue weighted by Crippen LogP contribution is -2.51. The van der Waals surface area contributed by atoms with Crippen molar-refractivity contribution in [1.82, 2.24) is 20.8 Å². The molecule has 0 bridgehead atoms. The van der Waals surface area contributed by atoms with Gasteiger partial charge in [-0.3, -0.25) is 25.0 Å². The molecule has 3 N–H and O–H groups in total. The van der Waals surface area contributed by atoms with Crippen molar-refractivity contribution >= 4 is 29.8 Å². The topological polar surface area (TPSA) is 119 Å². The van der Waals surface area contributed by atoms with Crippen molar-refractivity contribution < 1.29 is 24.4 Å². The number of hydrogen-bond acceptors (Lipinski definition) is 5. The van der Waals surface area contributed by atoms with E-state index in [1.807, 2.05) is 50.3 Å². The SMILES string of the molecule is CC(C)C[C@@H](C(=O)NN1C(=O)CN(C)C1=O)[C@H](CC=Cc1ccccc1)C(=O)NO. The zero-order valence-corrected chi connectivity index (χ0v) is 17.4. The van der Waals surface area contributed by atoms with E-state index in [0.29, 0.717) is 11.4 Å². The van der Waals surface area contributed by atoms with Crippen molar-refractivity contribution in [3.05, 3.63) is 42.0 Å². The number of nitrogens with zero attached hydrogens (tertiary/aromatic N) is 2. The maximum absolute atomic E-state index is 13.0. The van der Waals surface area contributed by atoms with Gasteiger partial charge >= 0.3 is 6.03 Å². The van der Waals surface area contributed by atoms with Gasteiger partial charge in [0.1, 0.15) is 6.54 Å². The minimum Gasteiger partial charge on any atom is -0.316 e. The van der Waals surface area contributed by atoms with Crippen LogP contribution in [0.2, 0.25) is 0 Å². The Morgan fingerprint density at radius 1 is 1.13 bits per heavy atom. The summed E-state index contributed by atoms with van der Waals surface area (Å²) in [5, 5.41) is 9.88. The third-order valence-corrected chi connectivity index (χ3v) is 4.86. The molecule has 0 aromatic heterocycles. The molecular formula is C21H28N4O5. The lowest BCUT2D eigenvalue weighted by molar-refractivity contribution is -0.144. The number of amides is 5. The molecule has 0 spiro atoms. The summed E-state index contributed by atoms with van der Waals surface area (Å²) in [6, 6.07) is 8.82. The number of benzene rings is 1. The molecule has 1 fully saturated rings. The summed E-state index contributed by atoms with van der Waals surface area (Å²) in [6.07, 6.45) is 4.10. The number of urea groups is 1. The number of hydrazine groups is 1. The number of hydroxylamine groups is 1. The fourth-order valence-electron chi connectivity index (χ4n) is 3.34. The van der Waals surface area contributed by atoms with Crippen LogP contribution in [0.1, 0.15) is 32.3 Å². The normalized spacial score (nSPS) is 16.3. The van der Waals surface area contributed by atoms with Gasteiger partial charge in [-0.25, -0.2) is 10.3 Å². The number of allylic oxidation sites excluding steroid dienone is 1. The summed E-state index contributed by atoms with van der Waals surface area (Å²) in [4.78, 5) is 50.6. The number of hydrogen-bond donors (Lipinski definition) is 3. The van der Waals surface area contributed by atoms with Crippen LogP contribution in [-0.2, 0) is 14.4 Å². The number of carbonyl (C=O) groups is 4. The molecule has 2 atom stereocenters. The molecule has 5 amide bonds. The second-order valence-electron chi connectivity index (χ2n) is 7.71. The fraction of sp³-hybridized carbons (Fsp3) is 0.429. The van der Waals surface area contributed by atoms with Gasteiger partial charge in [0.2, 0.25) is 11.8 Å². The molecule has 9 heteroatoms. The van der Waals surface area contributed by atoms with Crippen LogP contribution in [0.25, 0.3) is 6.08 Å². The highest BCUT2D eigenvalue weighted by molar-refractivity contribution is 6.03. The molecule has 2 rings (SSSR count). The minimum absolute atomic E-state index is 0.0560. The highest BCUT2D eigenvalue weighted by atomic mass is 16.5. The Morgan fingerprint density at radius 2 is 1.80 bits per heavy atom. The average Bonchev–Trinajstić information content (AvgIpc) is 2.95. The van der Waals surface area contributed by atoms with Gasteiger partial charge in [-0.05, 0) is 24.3 Å². The zero-order valence-electron chi connectivity index (χ0n) is 17.4. The fourth-order valence-corrected chi connectivity index (χ4v) is 3.34. The average molecular weight is 416 g/mol. The first kappa shape index (κ1) is 23.1. The Labute approximate surface area is 175 Å². The molecule has 1 aromatic rings. The number of rotatable bonds is 9. The Balaban J connectivity index is 2.21. The Morgan fingerprint density at radius 3 is 2.33 bits per heavy atom. The molecule has 0 unspecified atom stereocenters. The third-order valence-electron chi connectivity index (χ3n) is 4.86. The first-order chi connectivity index (χ1) is 14.2. The predicted molar refractivity (Wildman–Crippen MR) is 109 cm³/mol. The zero-order chi connectivity index (χ0) is 22.3. The lowest BCUT2D eigenvalue weighted by Gasteiger charge is -2.27. The van der Waals surface area contributed by atoms with Crippen LogP contribution >= 0.6 is 0 Å². The van der Waals surface area contributed by atoms with Gasteiger partial charge < -0.3 is 4.90 Å². The van der Waals surface area contributed by atoms with Crippen LogP contribution in [-0.4, -0.2) is 52.5 Å². The smallest absolute Gasteiger partial charge is 0.316 e. The summed E-state index contributed by atoms with van der Waals surface area (Å²) in [5.74, 6) is -3.56. The van der Waals surface area contributed by atoms with E-state index in [9.17, 15) is 24.4 Å². The monoisotopic (exact) mass is 416 g/mol. The summed E-state index contributed by atoms with van der Waals surface area (Å²) in [5.41, 5.74) is 4.91. The Bertz CT molecular complexity index is 809. The number of carbonyl (C=O) groups excluding carboxylic acids is 4. The van der Waals surface area contributed by atoms with Crippen molar-refractivity contribution in [3.8, 4) is 0 Å². The van der Waals surface area contributed by atoms with E-state index >= 15 is 0 Å². The molecule has 1 saturated heterocycles. The maximum Gasteiger partial charge on any atom is 0.346 e. The van der Waals surface area contributed by atoms with Gasteiger partial charge in [0.15, 0.2) is 0 Å². The molecule has 0 saturated carbocycles. The maximum atomic E-state index is 13.0. The van der Waals surface area contributed by atoms with Gasteiger partial charge in [-0.1, -0.05) is 56.3 Å². The van der Waals surface area contributed by atoms with Crippen molar-refractivity contribution in [2.45, 2.75) is 26.7 Å². The van der Waals surface area contributed by atoms with E-state index in [1.54, 1.807) is 11.6 Å². The molecule has 1 aromatic carbocycles. The third kappa shape index (κ3) is 5.90. The molecular weight excluding hydrogens is 388 g/mol. The van der Waals surface area contributed by atoms with Crippen molar-refractivity contribution in [3.63, 3.8) is 0 Å². The van der Waals surface area contributed by atoms with Crippen molar-refractivity contribution in [2.75, 3.05) is 13.6 Å². The number of likely N-dealkylation sites (N-methyl/N-ethyl adjacent to an activating group) is 1. The molecule has 9 nitrogen and oxygen atoms in total. The van der Waals surface area contributed by atoms with Crippen LogP contribution in [0.5, 0.6) is 0 Å². The first-order valence-corrected chi connectivity index (χ1v) is 9.78. The van der Waals surface area contributed by atoms with E-state index < -0.39 is 35.6 Å². The van der Waals surface area contributed by atoms with Crippen LogP contribution in [0, 0.1) is 17.8 Å². The first-order valence-electron chi connectivity index (χ1n) is 9.78. The highest BCUT2D eigenvalue weighted by Gasteiger charge is 2.39. The second kappa shape index (κ2) is 10.5. The van der Waals surface area contributed by atoms with Gasteiger partial charge in [-0.2, -0.15) is 5.01 Å². The van der Waals surface area contributed by atoms with Gasteiger partial charge in [0, 0.05) is 7.05 Å². The van der Waals surface area contributed by atoms with Gasteiger partial charge in [0.05, 0.1) is 11.8 Å². The van der Waals surface area contributed by atoms with E-state index in [1.165, 1.54) is 11.9 Å². The van der Waals surface area contributed by atoms with Gasteiger partial charge in [-0.15, -0.1) is 0 Å². The largest absolute Gasteiger partial charge is 0.346 e. The predicted octanol–water partition coefficient (Wildman–Crippen LogP) is 1.80. The van der Waals surface area contributed by atoms with Crippen molar-refractivity contribution in [1.29, 1.82) is 0 Å². The molecule has 30 heavy (non-hydrogen) atoms. The van der Waals surface area contributed by atoms with E-state index in [-0.39, 0.29) is 18.9 Å². The summed E-state index contributed by atoms with van der Waals surface area (Å²) >= 11 is 0. The number of nitrogens with one attached hydrogen (secondary N) is 2.